The number of H-pyrrole nitrogens is 1. The number of aliphatic hydroxyl groups is 1. The second kappa shape index (κ2) is 16.3. The summed E-state index contributed by atoms with van der Waals surface area (Å²) in [5.41, 5.74) is 7.02. The van der Waals surface area contributed by atoms with Crippen LogP contribution in [0.2, 0.25) is 0 Å². The highest BCUT2D eigenvalue weighted by Gasteiger charge is 2.34. The maximum atomic E-state index is 13.9. The first-order valence-electron chi connectivity index (χ1n) is 16.8. The Balaban J connectivity index is 1.20. The molecule has 0 bridgehead atoms. The minimum absolute atomic E-state index is 0.126. The van der Waals surface area contributed by atoms with Gasteiger partial charge in [-0.15, -0.1) is 0 Å². The summed E-state index contributed by atoms with van der Waals surface area (Å²) in [6.45, 7) is 3.58. The van der Waals surface area contributed by atoms with Gasteiger partial charge in [-0.1, -0.05) is 30.7 Å². The monoisotopic (exact) mass is 710 g/mol. The van der Waals surface area contributed by atoms with Crippen LogP contribution in [0.1, 0.15) is 64.9 Å². The molecule has 2 aromatic carbocycles. The molecule has 1 aromatic heterocycles. The Morgan fingerprint density at radius 2 is 1.84 bits per heavy atom. The number of aromatic amines is 1. The maximum absolute atomic E-state index is 13.9. The molecule has 1 aliphatic carbocycles. The van der Waals surface area contributed by atoms with Gasteiger partial charge in [0.2, 0.25) is 11.8 Å². The molecule has 2 heterocycles. The van der Waals surface area contributed by atoms with Crippen LogP contribution in [0.4, 0.5) is 10.1 Å². The van der Waals surface area contributed by atoms with Gasteiger partial charge in [-0.2, -0.15) is 0 Å². The summed E-state index contributed by atoms with van der Waals surface area (Å²) in [6, 6.07) is 11.4. The number of fused-ring (bicyclic) bond motifs is 2. The molecule has 2 aliphatic rings. The number of amides is 3. The van der Waals surface area contributed by atoms with Gasteiger partial charge in [0.05, 0.1) is 12.2 Å². The summed E-state index contributed by atoms with van der Waals surface area (Å²) in [6.07, 6.45) is 5.15. The van der Waals surface area contributed by atoms with Crippen LogP contribution in [0, 0.1) is 31.5 Å². The highest BCUT2D eigenvalue weighted by molar-refractivity contribution is 7.46. The number of phosphoric ester groups is 1. The van der Waals surface area contributed by atoms with Gasteiger partial charge in [0.1, 0.15) is 11.9 Å². The third kappa shape index (κ3) is 9.35. The predicted octanol–water partition coefficient (Wildman–Crippen LogP) is 4.10. The van der Waals surface area contributed by atoms with E-state index in [9.17, 15) is 28.4 Å². The molecule has 3 amide bonds. The average molecular weight is 711 g/mol. The number of phosphoric acid groups is 1. The van der Waals surface area contributed by atoms with Gasteiger partial charge in [-0.25, -0.2) is 8.96 Å². The van der Waals surface area contributed by atoms with Crippen molar-refractivity contribution in [3.63, 3.8) is 0 Å². The first-order valence-corrected chi connectivity index (χ1v) is 18.3. The van der Waals surface area contributed by atoms with E-state index in [1.165, 1.54) is 18.2 Å². The largest absolute Gasteiger partial charge is 0.469 e. The number of carbonyl (C=O) groups excluding carboxylic acids is 3. The van der Waals surface area contributed by atoms with E-state index < -0.39 is 25.6 Å². The SMILES string of the molecule is Cc1[nH]c(/C=C2\C(=O)Nc3ccc(F)cc32)c(C)c1CCC(=O)NC(C(=O)NCCCCC(CO)COP(=O)(O)O)C1Cc2ccccc2C1. The van der Waals surface area contributed by atoms with Crippen molar-refractivity contribution < 1.29 is 42.8 Å². The Kier molecular flexibility index (Phi) is 12.1. The summed E-state index contributed by atoms with van der Waals surface area (Å²) >= 11 is 0. The summed E-state index contributed by atoms with van der Waals surface area (Å²) in [5.74, 6) is -1.87. The van der Waals surface area contributed by atoms with Gasteiger partial charge in [0.25, 0.3) is 5.91 Å². The third-order valence-corrected chi connectivity index (χ3v) is 10.0. The second-order valence-corrected chi connectivity index (χ2v) is 14.3. The van der Waals surface area contributed by atoms with Crippen LogP contribution >= 0.6 is 7.82 Å². The number of aryl methyl sites for hydroxylation is 1. The lowest BCUT2D eigenvalue weighted by Gasteiger charge is -2.24. The highest BCUT2D eigenvalue weighted by Crippen LogP contribution is 2.37. The van der Waals surface area contributed by atoms with Crippen molar-refractivity contribution in [3.05, 3.63) is 87.5 Å². The molecule has 0 radical (unpaired) electrons. The van der Waals surface area contributed by atoms with E-state index >= 15 is 0 Å². The van der Waals surface area contributed by atoms with Gasteiger partial charge in [-0.3, -0.25) is 18.9 Å². The molecular formula is C36H44FN4O8P. The van der Waals surface area contributed by atoms with Crippen LogP contribution in [-0.4, -0.2) is 63.4 Å². The number of hydrogen-bond donors (Lipinski definition) is 7. The molecule has 0 saturated carbocycles. The van der Waals surface area contributed by atoms with E-state index in [2.05, 4.69) is 25.5 Å². The van der Waals surface area contributed by atoms with Gasteiger partial charge in [0, 0.05) is 48.1 Å². The molecule has 2 atom stereocenters. The number of rotatable bonds is 16. The van der Waals surface area contributed by atoms with Crippen molar-refractivity contribution in [2.24, 2.45) is 11.8 Å². The third-order valence-electron chi connectivity index (χ3n) is 9.51. The van der Waals surface area contributed by atoms with Crippen molar-refractivity contribution in [1.82, 2.24) is 15.6 Å². The summed E-state index contributed by atoms with van der Waals surface area (Å²) in [5, 5.41) is 18.2. The topological polar surface area (TPSA) is 190 Å². The molecule has 0 saturated heterocycles. The van der Waals surface area contributed by atoms with E-state index in [4.69, 9.17) is 9.79 Å². The summed E-state index contributed by atoms with van der Waals surface area (Å²) in [7, 11) is -4.62. The fourth-order valence-electron chi connectivity index (χ4n) is 6.80. The molecule has 7 N–H and O–H groups in total. The quantitative estimate of drug-likeness (QED) is 0.0657. The summed E-state index contributed by atoms with van der Waals surface area (Å²) < 4.78 is 29.4. The van der Waals surface area contributed by atoms with Crippen LogP contribution in [0.15, 0.2) is 42.5 Å². The van der Waals surface area contributed by atoms with Crippen molar-refractivity contribution in [1.29, 1.82) is 0 Å². The zero-order valence-electron chi connectivity index (χ0n) is 28.1. The lowest BCUT2D eigenvalue weighted by atomic mass is 9.95. The standard InChI is InChI=1S/C36H44FN4O8P/c1-21-28(22(2)39-32(21)18-30-29-17-27(37)10-12-31(29)40-35(30)44)11-13-33(43)41-34(26-15-24-8-3-4-9-25(24)16-26)36(45)38-14-6-5-7-23(19-42)20-49-50(46,47)48/h3-4,8-10,12,17-18,23,26,34,39,42H,5-7,11,13-16,19-20H2,1-2H3,(H,38,45)(H,40,44)(H,41,43)(H2,46,47,48)/b30-18-. The van der Waals surface area contributed by atoms with Gasteiger partial charge in [0.15, 0.2) is 0 Å². The van der Waals surface area contributed by atoms with E-state index in [0.29, 0.717) is 67.6 Å². The highest BCUT2D eigenvalue weighted by atomic mass is 31.2. The van der Waals surface area contributed by atoms with Crippen LogP contribution in [0.3, 0.4) is 0 Å². The molecule has 5 rings (SSSR count). The van der Waals surface area contributed by atoms with Gasteiger partial charge >= 0.3 is 7.82 Å². The molecule has 3 aromatic rings. The average Bonchev–Trinajstić information content (AvgIpc) is 3.72. The molecule has 0 fully saturated rings. The van der Waals surface area contributed by atoms with Crippen molar-refractivity contribution in [2.75, 3.05) is 25.1 Å². The first kappa shape index (κ1) is 37.1. The van der Waals surface area contributed by atoms with Crippen LogP contribution in [0.5, 0.6) is 0 Å². The predicted molar refractivity (Wildman–Crippen MR) is 186 cm³/mol. The van der Waals surface area contributed by atoms with Crippen molar-refractivity contribution in [3.8, 4) is 0 Å². The zero-order chi connectivity index (χ0) is 36.0. The number of benzene rings is 2. The smallest absolute Gasteiger partial charge is 0.396 e. The van der Waals surface area contributed by atoms with Gasteiger partial charge < -0.3 is 35.8 Å². The Hall–Kier alpha value is -4.13. The molecular weight excluding hydrogens is 666 g/mol. The first-order chi connectivity index (χ1) is 23.8. The fraction of sp³-hybridized carbons (Fsp3) is 0.417. The van der Waals surface area contributed by atoms with Gasteiger partial charge in [-0.05, 0) is 98.4 Å². The molecule has 0 spiro atoms. The van der Waals surface area contributed by atoms with E-state index in [1.54, 1.807) is 6.08 Å². The number of halogens is 1. The number of unbranched alkanes of at least 4 members (excludes halogenated alkanes) is 1. The molecule has 2 unspecified atom stereocenters. The number of nitrogens with one attached hydrogen (secondary N) is 4. The van der Waals surface area contributed by atoms with Crippen molar-refractivity contribution >= 4 is 42.9 Å². The lowest BCUT2D eigenvalue weighted by molar-refractivity contribution is -0.130. The molecule has 50 heavy (non-hydrogen) atoms. The van der Waals surface area contributed by atoms with Crippen LogP contribution < -0.4 is 16.0 Å². The molecule has 1 aliphatic heterocycles. The molecule has 14 heteroatoms. The van der Waals surface area contributed by atoms with E-state index in [1.807, 2.05) is 38.1 Å². The fourth-order valence-corrected chi connectivity index (χ4v) is 7.21. The minimum atomic E-state index is -4.62. The molecule has 268 valence electrons. The zero-order valence-corrected chi connectivity index (χ0v) is 29.0. The lowest BCUT2D eigenvalue weighted by Crippen LogP contribution is -2.51. The summed E-state index contributed by atoms with van der Waals surface area (Å²) in [4.78, 5) is 60.7. The number of carbonyl (C=O) groups is 3. The number of anilines is 1. The maximum Gasteiger partial charge on any atom is 0.469 e. The Bertz CT molecular complexity index is 1790. The molecule has 12 nitrogen and oxygen atoms in total. The number of aromatic nitrogens is 1. The number of aliphatic hydroxyl groups excluding tert-OH is 1. The Morgan fingerprint density at radius 3 is 2.52 bits per heavy atom. The van der Waals surface area contributed by atoms with Crippen LogP contribution in [-0.2, 0) is 42.7 Å². The normalized spacial score (nSPS) is 16.2. The number of hydrogen-bond acceptors (Lipinski definition) is 6. The van der Waals surface area contributed by atoms with E-state index in [-0.39, 0.29) is 43.3 Å². The van der Waals surface area contributed by atoms with E-state index in [0.717, 1.165) is 27.9 Å². The second-order valence-electron chi connectivity index (χ2n) is 13.1. The Morgan fingerprint density at radius 1 is 1.12 bits per heavy atom. The van der Waals surface area contributed by atoms with Crippen LogP contribution in [0.25, 0.3) is 11.6 Å². The Labute approximate surface area is 290 Å². The minimum Gasteiger partial charge on any atom is -0.396 e. The van der Waals surface area contributed by atoms with Crippen molar-refractivity contribution in [2.45, 2.75) is 64.8 Å².